The van der Waals surface area contributed by atoms with Crippen LogP contribution in [0.3, 0.4) is 0 Å². The maximum atomic E-state index is 13.1. The summed E-state index contributed by atoms with van der Waals surface area (Å²) in [6, 6.07) is 24.1. The Morgan fingerprint density at radius 1 is 1.03 bits per heavy atom. The Hall–Kier alpha value is -5.01. The van der Waals surface area contributed by atoms with Gasteiger partial charge in [0.1, 0.15) is 12.4 Å². The summed E-state index contributed by atoms with van der Waals surface area (Å²) >= 11 is 0. The summed E-state index contributed by atoms with van der Waals surface area (Å²) in [7, 11) is 1.57. The van der Waals surface area contributed by atoms with Crippen molar-refractivity contribution in [1.82, 2.24) is 10.2 Å². The second-order valence-corrected chi connectivity index (χ2v) is 8.00. The fraction of sp³-hybridized carbons (Fsp3) is 0.148. The quantitative estimate of drug-likeness (QED) is 0.353. The van der Waals surface area contributed by atoms with Crippen LogP contribution in [0, 0.1) is 11.3 Å². The normalized spacial score (nSPS) is 14.5. The highest BCUT2D eigenvalue weighted by atomic mass is 16.5. The number of fused-ring (bicyclic) bond motifs is 1. The summed E-state index contributed by atoms with van der Waals surface area (Å²) in [5, 5.41) is 23.3. The first-order valence-corrected chi connectivity index (χ1v) is 11.5. The molecule has 5 rings (SSSR count). The van der Waals surface area contributed by atoms with Gasteiger partial charge in [-0.05, 0) is 24.3 Å². The molecule has 0 saturated heterocycles. The molecule has 0 fully saturated rings. The van der Waals surface area contributed by atoms with E-state index in [2.05, 4.69) is 26.9 Å². The summed E-state index contributed by atoms with van der Waals surface area (Å²) in [6.45, 7) is 0.644. The molecule has 0 radical (unpaired) electrons. The minimum Gasteiger partial charge on any atom is -0.490 e. The van der Waals surface area contributed by atoms with Crippen molar-refractivity contribution in [3.05, 3.63) is 89.5 Å². The smallest absolute Gasteiger partial charge is 0.317 e. The van der Waals surface area contributed by atoms with Crippen molar-refractivity contribution < 1.29 is 18.7 Å². The Kier molecular flexibility index (Phi) is 6.87. The molecule has 1 atom stereocenters. The maximum absolute atomic E-state index is 13.1. The number of carbonyl (C=O) groups is 1. The molecule has 1 aliphatic rings. The molecule has 37 heavy (non-hydrogen) atoms. The third-order valence-corrected chi connectivity index (χ3v) is 5.57. The first-order valence-electron chi connectivity index (χ1n) is 11.5. The van der Waals surface area contributed by atoms with Gasteiger partial charge in [0.25, 0.3) is 11.8 Å². The second kappa shape index (κ2) is 10.7. The number of methoxy groups -OCH3 is 1. The first kappa shape index (κ1) is 23.7. The van der Waals surface area contributed by atoms with Gasteiger partial charge in [0.05, 0.1) is 35.2 Å². The van der Waals surface area contributed by atoms with E-state index in [0.29, 0.717) is 34.9 Å². The molecule has 184 valence electrons. The fourth-order valence-electron chi connectivity index (χ4n) is 3.81. The zero-order valence-electron chi connectivity index (χ0n) is 19.8. The van der Waals surface area contributed by atoms with Crippen molar-refractivity contribution in [1.29, 1.82) is 5.26 Å². The van der Waals surface area contributed by atoms with Gasteiger partial charge in [0.2, 0.25) is 6.17 Å². The van der Waals surface area contributed by atoms with E-state index in [0.717, 1.165) is 11.1 Å². The molecule has 4 aromatic rings. The molecule has 10 heteroatoms. The SMILES string of the molecule is COCCOc1cc(C#N)ccc1-c1nnc(N[C@H]2N=C(c3ccccc3)c3ccccc3NC2=O)o1. The largest absolute Gasteiger partial charge is 0.490 e. The predicted octanol–water partition coefficient (Wildman–Crippen LogP) is 3.86. The van der Waals surface area contributed by atoms with E-state index < -0.39 is 6.17 Å². The van der Waals surface area contributed by atoms with E-state index in [1.807, 2.05) is 54.6 Å². The summed E-state index contributed by atoms with van der Waals surface area (Å²) in [4.78, 5) is 17.8. The standard InChI is InChI=1S/C27H22N6O4/c1-35-13-14-36-22-15-17(16-28)11-12-20(22)26-32-33-27(37-26)31-24-25(34)29-21-10-6-5-9-19(21)23(30-24)18-7-3-2-4-8-18/h2-12,15,24H,13-14H2,1H3,(H,29,34)(H,31,33)/t24-/m1/s1. The minimum atomic E-state index is -1.03. The van der Waals surface area contributed by atoms with Crippen molar-refractivity contribution in [3.8, 4) is 23.3 Å². The Morgan fingerprint density at radius 2 is 1.84 bits per heavy atom. The molecule has 0 spiro atoms. The number of benzodiazepines with no additional fused rings is 1. The number of benzene rings is 3. The summed E-state index contributed by atoms with van der Waals surface area (Å²) < 4.78 is 16.6. The third-order valence-electron chi connectivity index (χ3n) is 5.57. The lowest BCUT2D eigenvalue weighted by atomic mass is 10.0. The molecule has 2 heterocycles. The van der Waals surface area contributed by atoms with Gasteiger partial charge in [-0.25, -0.2) is 4.99 Å². The predicted molar refractivity (Wildman–Crippen MR) is 136 cm³/mol. The molecule has 0 unspecified atom stereocenters. The zero-order valence-corrected chi connectivity index (χ0v) is 19.8. The molecule has 0 aliphatic carbocycles. The molecule has 0 saturated carbocycles. The number of aromatic nitrogens is 2. The number of aliphatic imine (C=N–C) groups is 1. The van der Waals surface area contributed by atoms with Gasteiger partial charge in [-0.15, -0.1) is 5.10 Å². The minimum absolute atomic E-state index is 0.00414. The van der Waals surface area contributed by atoms with E-state index in [9.17, 15) is 10.1 Å². The van der Waals surface area contributed by atoms with Crippen LogP contribution >= 0.6 is 0 Å². The van der Waals surface area contributed by atoms with Gasteiger partial charge in [0.15, 0.2) is 0 Å². The third kappa shape index (κ3) is 5.17. The molecule has 0 bridgehead atoms. The Labute approximate surface area is 212 Å². The number of nitriles is 1. The van der Waals surface area contributed by atoms with E-state index in [-0.39, 0.29) is 24.4 Å². The number of hydrogen-bond acceptors (Lipinski definition) is 9. The zero-order chi connectivity index (χ0) is 25.6. The highest BCUT2D eigenvalue weighted by molar-refractivity contribution is 6.19. The number of carbonyl (C=O) groups excluding carboxylic acids is 1. The molecular weight excluding hydrogens is 472 g/mol. The van der Waals surface area contributed by atoms with E-state index in [1.54, 1.807) is 25.3 Å². The van der Waals surface area contributed by atoms with E-state index in [4.69, 9.17) is 18.9 Å². The van der Waals surface area contributed by atoms with Crippen LogP contribution in [0.4, 0.5) is 11.7 Å². The van der Waals surface area contributed by atoms with Crippen molar-refractivity contribution in [2.24, 2.45) is 4.99 Å². The van der Waals surface area contributed by atoms with Crippen LogP contribution < -0.4 is 15.4 Å². The fourth-order valence-corrected chi connectivity index (χ4v) is 3.81. The van der Waals surface area contributed by atoms with Crippen molar-refractivity contribution in [2.75, 3.05) is 31.0 Å². The van der Waals surface area contributed by atoms with Crippen molar-refractivity contribution in [3.63, 3.8) is 0 Å². The average molecular weight is 495 g/mol. The number of para-hydroxylation sites is 1. The molecule has 3 aromatic carbocycles. The summed E-state index contributed by atoms with van der Waals surface area (Å²) in [6.07, 6.45) is -1.03. The monoisotopic (exact) mass is 494 g/mol. The van der Waals surface area contributed by atoms with Gasteiger partial charge in [-0.1, -0.05) is 53.6 Å². The summed E-state index contributed by atoms with van der Waals surface area (Å²) in [5.74, 6) is 0.183. The molecular formula is C27H22N6O4. The van der Waals surface area contributed by atoms with Gasteiger partial charge in [-0.2, -0.15) is 5.26 Å². The van der Waals surface area contributed by atoms with Crippen molar-refractivity contribution >= 4 is 23.3 Å². The topological polar surface area (TPSA) is 135 Å². The van der Waals surface area contributed by atoms with Gasteiger partial charge in [-0.3, -0.25) is 4.79 Å². The number of nitrogens with one attached hydrogen (secondary N) is 2. The van der Waals surface area contributed by atoms with Crippen LogP contribution in [0.25, 0.3) is 11.5 Å². The van der Waals surface area contributed by atoms with Crippen LogP contribution in [-0.2, 0) is 9.53 Å². The summed E-state index contributed by atoms with van der Waals surface area (Å²) in [5.41, 5.74) is 3.88. The molecule has 2 N–H and O–H groups in total. The number of nitrogens with zero attached hydrogens (tertiary/aromatic N) is 4. The van der Waals surface area contributed by atoms with E-state index in [1.165, 1.54) is 0 Å². The molecule has 10 nitrogen and oxygen atoms in total. The number of hydrogen-bond donors (Lipinski definition) is 2. The average Bonchev–Trinajstić information content (AvgIpc) is 3.34. The lowest BCUT2D eigenvalue weighted by molar-refractivity contribution is -0.116. The number of anilines is 2. The van der Waals surface area contributed by atoms with Gasteiger partial charge in [0, 0.05) is 18.2 Å². The number of ether oxygens (including phenoxy) is 2. The first-order chi connectivity index (χ1) is 18.2. The van der Waals surface area contributed by atoms with Crippen LogP contribution in [0.2, 0.25) is 0 Å². The lowest BCUT2D eigenvalue weighted by Crippen LogP contribution is -2.32. The second-order valence-electron chi connectivity index (χ2n) is 8.00. The Bertz CT molecular complexity index is 1490. The van der Waals surface area contributed by atoms with Crippen molar-refractivity contribution in [2.45, 2.75) is 6.17 Å². The highest BCUT2D eigenvalue weighted by Crippen LogP contribution is 2.31. The van der Waals surface area contributed by atoms with Crippen LogP contribution in [0.1, 0.15) is 16.7 Å². The Balaban J connectivity index is 1.45. The highest BCUT2D eigenvalue weighted by Gasteiger charge is 2.27. The Morgan fingerprint density at radius 3 is 2.65 bits per heavy atom. The molecule has 1 amide bonds. The molecule has 1 aliphatic heterocycles. The van der Waals surface area contributed by atoms with Crippen LogP contribution in [0.15, 0.2) is 82.2 Å². The van der Waals surface area contributed by atoms with E-state index >= 15 is 0 Å². The number of rotatable bonds is 8. The van der Waals surface area contributed by atoms with Crippen LogP contribution in [0.5, 0.6) is 5.75 Å². The number of amides is 1. The van der Waals surface area contributed by atoms with Crippen LogP contribution in [-0.4, -0.2) is 48.3 Å². The van der Waals surface area contributed by atoms with Gasteiger partial charge >= 0.3 is 6.01 Å². The lowest BCUT2D eigenvalue weighted by Gasteiger charge is -2.11. The maximum Gasteiger partial charge on any atom is 0.317 e. The molecule has 1 aromatic heterocycles. The van der Waals surface area contributed by atoms with Gasteiger partial charge < -0.3 is 24.5 Å².